The summed E-state index contributed by atoms with van der Waals surface area (Å²) in [6.07, 6.45) is 3.87. The van der Waals surface area contributed by atoms with Crippen molar-refractivity contribution in [2.45, 2.75) is 11.6 Å². The first-order chi connectivity index (χ1) is 9.09. The van der Waals surface area contributed by atoms with Crippen LogP contribution >= 0.6 is 0 Å². The van der Waals surface area contributed by atoms with Crippen molar-refractivity contribution in [2.75, 3.05) is 39.4 Å². The van der Waals surface area contributed by atoms with E-state index < -0.39 is 10.0 Å². The quantitative estimate of drug-likeness (QED) is 0.709. The van der Waals surface area contributed by atoms with Gasteiger partial charge in [0.25, 0.3) is 10.0 Å². The molecule has 108 valence electrons. The van der Waals surface area contributed by atoms with E-state index in [0.29, 0.717) is 6.54 Å². The molecular formula is C11H20N4O3S. The molecule has 1 aromatic rings. The molecule has 1 aliphatic rings. The number of aromatic nitrogens is 2. The molecule has 0 atom stereocenters. The SMILES string of the molecule is Cn1ccnc1S(=O)(=O)NCCCN1CCOCC1. The molecule has 1 N–H and O–H groups in total. The fourth-order valence-electron chi connectivity index (χ4n) is 2.01. The first-order valence-corrected chi connectivity index (χ1v) is 7.85. The van der Waals surface area contributed by atoms with Crippen LogP contribution in [-0.2, 0) is 21.8 Å². The summed E-state index contributed by atoms with van der Waals surface area (Å²) < 4.78 is 33.2. The zero-order chi connectivity index (χ0) is 13.7. The van der Waals surface area contributed by atoms with Crippen molar-refractivity contribution < 1.29 is 13.2 Å². The van der Waals surface area contributed by atoms with E-state index in [1.54, 1.807) is 13.2 Å². The van der Waals surface area contributed by atoms with Gasteiger partial charge in [0.1, 0.15) is 0 Å². The monoisotopic (exact) mass is 288 g/mol. The van der Waals surface area contributed by atoms with Gasteiger partial charge in [0.2, 0.25) is 5.16 Å². The van der Waals surface area contributed by atoms with Crippen LogP contribution in [0.1, 0.15) is 6.42 Å². The molecule has 0 radical (unpaired) electrons. The number of morpholine rings is 1. The van der Waals surface area contributed by atoms with Crippen LogP contribution in [0.5, 0.6) is 0 Å². The minimum Gasteiger partial charge on any atom is -0.379 e. The van der Waals surface area contributed by atoms with Crippen LogP contribution in [0.25, 0.3) is 0 Å². The molecule has 19 heavy (non-hydrogen) atoms. The summed E-state index contributed by atoms with van der Waals surface area (Å²) in [7, 11) is -1.83. The van der Waals surface area contributed by atoms with Crippen molar-refractivity contribution >= 4 is 10.0 Å². The van der Waals surface area contributed by atoms with Crippen molar-refractivity contribution in [2.24, 2.45) is 7.05 Å². The molecule has 1 fully saturated rings. The molecule has 1 saturated heterocycles. The fourth-order valence-corrected chi connectivity index (χ4v) is 3.19. The molecule has 7 nitrogen and oxygen atoms in total. The Hall–Kier alpha value is -0.960. The first kappa shape index (κ1) is 14.4. The molecular weight excluding hydrogens is 268 g/mol. The Morgan fingerprint density at radius 2 is 2.16 bits per heavy atom. The van der Waals surface area contributed by atoms with Crippen LogP contribution in [-0.4, -0.2) is 62.3 Å². The summed E-state index contributed by atoms with van der Waals surface area (Å²) in [6.45, 7) is 4.68. The highest BCUT2D eigenvalue weighted by molar-refractivity contribution is 7.89. The lowest BCUT2D eigenvalue weighted by molar-refractivity contribution is 0.0376. The number of nitrogens with one attached hydrogen (secondary N) is 1. The second-order valence-electron chi connectivity index (χ2n) is 4.53. The Kier molecular flexibility index (Phi) is 4.92. The lowest BCUT2D eigenvalue weighted by Gasteiger charge is -2.26. The van der Waals surface area contributed by atoms with Crippen molar-refractivity contribution in [1.82, 2.24) is 19.2 Å². The van der Waals surface area contributed by atoms with E-state index in [9.17, 15) is 8.42 Å². The third-order valence-corrected chi connectivity index (χ3v) is 4.52. The summed E-state index contributed by atoms with van der Waals surface area (Å²) in [5.74, 6) is 0. The topological polar surface area (TPSA) is 76.5 Å². The molecule has 8 heteroatoms. The predicted octanol–water partition coefficient (Wildman–Crippen LogP) is -0.579. The van der Waals surface area contributed by atoms with E-state index in [0.717, 1.165) is 39.3 Å². The first-order valence-electron chi connectivity index (χ1n) is 6.37. The zero-order valence-corrected chi connectivity index (χ0v) is 11.9. The number of ether oxygens (including phenoxy) is 1. The van der Waals surface area contributed by atoms with Gasteiger partial charge in [-0.2, -0.15) is 0 Å². The summed E-state index contributed by atoms with van der Waals surface area (Å²) in [5, 5.41) is 0.0545. The highest BCUT2D eigenvalue weighted by Gasteiger charge is 2.18. The van der Waals surface area contributed by atoms with Gasteiger partial charge in [-0.15, -0.1) is 0 Å². The lowest BCUT2D eigenvalue weighted by atomic mass is 10.3. The number of hydrogen-bond acceptors (Lipinski definition) is 5. The maximum atomic E-state index is 11.9. The van der Waals surface area contributed by atoms with E-state index >= 15 is 0 Å². The fraction of sp³-hybridized carbons (Fsp3) is 0.727. The van der Waals surface area contributed by atoms with Gasteiger partial charge in [-0.1, -0.05) is 0 Å². The maximum absolute atomic E-state index is 11.9. The highest BCUT2D eigenvalue weighted by Crippen LogP contribution is 2.04. The normalized spacial score (nSPS) is 17.7. The molecule has 2 rings (SSSR count). The van der Waals surface area contributed by atoms with E-state index in [-0.39, 0.29) is 5.16 Å². The van der Waals surface area contributed by atoms with Gasteiger partial charge in [-0.05, 0) is 13.0 Å². The molecule has 0 bridgehead atoms. The Balaban J connectivity index is 1.74. The Bertz CT molecular complexity index is 494. The Morgan fingerprint density at radius 3 is 2.79 bits per heavy atom. The van der Waals surface area contributed by atoms with Crippen LogP contribution in [0.15, 0.2) is 17.6 Å². The van der Waals surface area contributed by atoms with Crippen LogP contribution in [0.4, 0.5) is 0 Å². The molecule has 0 amide bonds. The number of imidazole rings is 1. The largest absolute Gasteiger partial charge is 0.379 e. The average Bonchev–Trinajstić information content (AvgIpc) is 2.83. The predicted molar refractivity (Wildman–Crippen MR) is 70.3 cm³/mol. The third kappa shape index (κ3) is 4.00. The smallest absolute Gasteiger partial charge is 0.274 e. The number of rotatable bonds is 6. The number of sulfonamides is 1. The standard InChI is InChI=1S/C11H20N4O3S/c1-14-6-4-12-11(14)19(16,17)13-3-2-5-15-7-9-18-10-8-15/h4,6,13H,2-3,5,7-10H2,1H3. The van der Waals surface area contributed by atoms with Crippen molar-refractivity contribution in [1.29, 1.82) is 0 Å². The van der Waals surface area contributed by atoms with Gasteiger partial charge in [-0.25, -0.2) is 18.1 Å². The molecule has 0 spiro atoms. The van der Waals surface area contributed by atoms with Crippen LogP contribution in [0.3, 0.4) is 0 Å². The van der Waals surface area contributed by atoms with Crippen molar-refractivity contribution in [3.05, 3.63) is 12.4 Å². The van der Waals surface area contributed by atoms with Crippen LogP contribution in [0, 0.1) is 0 Å². The molecule has 2 heterocycles. The number of hydrogen-bond donors (Lipinski definition) is 1. The Morgan fingerprint density at radius 1 is 1.42 bits per heavy atom. The van der Waals surface area contributed by atoms with Gasteiger partial charge < -0.3 is 9.30 Å². The van der Waals surface area contributed by atoms with Gasteiger partial charge in [0.05, 0.1) is 13.2 Å². The lowest BCUT2D eigenvalue weighted by Crippen LogP contribution is -2.38. The number of nitrogens with zero attached hydrogens (tertiary/aromatic N) is 3. The third-order valence-electron chi connectivity index (χ3n) is 3.06. The molecule has 0 saturated carbocycles. The molecule has 1 aliphatic heterocycles. The molecule has 1 aromatic heterocycles. The van der Waals surface area contributed by atoms with Crippen LogP contribution in [0.2, 0.25) is 0 Å². The minimum absolute atomic E-state index is 0.0545. The van der Waals surface area contributed by atoms with Crippen LogP contribution < -0.4 is 4.72 Å². The van der Waals surface area contributed by atoms with Gasteiger partial charge in [0.15, 0.2) is 0 Å². The molecule has 0 unspecified atom stereocenters. The molecule has 0 aromatic carbocycles. The van der Waals surface area contributed by atoms with E-state index in [2.05, 4.69) is 14.6 Å². The second-order valence-corrected chi connectivity index (χ2v) is 6.19. The number of aryl methyl sites for hydroxylation is 1. The van der Waals surface area contributed by atoms with E-state index in [4.69, 9.17) is 4.74 Å². The van der Waals surface area contributed by atoms with Crippen molar-refractivity contribution in [3.8, 4) is 0 Å². The zero-order valence-electron chi connectivity index (χ0n) is 11.1. The second kappa shape index (κ2) is 6.47. The van der Waals surface area contributed by atoms with Crippen molar-refractivity contribution in [3.63, 3.8) is 0 Å². The van der Waals surface area contributed by atoms with E-state index in [1.807, 2.05) is 0 Å². The van der Waals surface area contributed by atoms with Gasteiger partial charge >= 0.3 is 0 Å². The summed E-state index contributed by atoms with van der Waals surface area (Å²) >= 11 is 0. The summed E-state index contributed by atoms with van der Waals surface area (Å²) in [5.41, 5.74) is 0. The summed E-state index contributed by atoms with van der Waals surface area (Å²) in [4.78, 5) is 6.12. The average molecular weight is 288 g/mol. The van der Waals surface area contributed by atoms with E-state index in [1.165, 1.54) is 10.8 Å². The van der Waals surface area contributed by atoms with Gasteiger partial charge in [-0.3, -0.25) is 4.90 Å². The Labute approximate surface area is 113 Å². The summed E-state index contributed by atoms with van der Waals surface area (Å²) in [6, 6.07) is 0. The maximum Gasteiger partial charge on any atom is 0.274 e. The van der Waals surface area contributed by atoms with Gasteiger partial charge in [0, 0.05) is 39.1 Å². The highest BCUT2D eigenvalue weighted by atomic mass is 32.2. The minimum atomic E-state index is -3.49. The molecule has 0 aliphatic carbocycles.